The molecule has 0 amide bonds. The number of hydrogen-bond donors (Lipinski definition) is 2. The second-order valence-corrected chi connectivity index (χ2v) is 8.79. The van der Waals surface area contributed by atoms with Crippen LogP contribution in [0.3, 0.4) is 0 Å². The van der Waals surface area contributed by atoms with Gasteiger partial charge in [-0.25, -0.2) is 18.4 Å². The smallest absolute Gasteiger partial charge is 0.263 e. The molecular weight excluding hydrogens is 436 g/mol. The Morgan fingerprint density at radius 2 is 1.48 bits per heavy atom. The predicted molar refractivity (Wildman–Crippen MR) is 122 cm³/mol. The molecule has 0 bridgehead atoms. The van der Waals surface area contributed by atoms with Gasteiger partial charge >= 0.3 is 0 Å². The first-order valence-corrected chi connectivity index (χ1v) is 11.2. The summed E-state index contributed by atoms with van der Waals surface area (Å²) in [6.07, 6.45) is 0. The molecule has 1 aromatic heterocycles. The Bertz CT molecular complexity index is 1310. The molecule has 7 nitrogen and oxygen atoms in total. The number of benzene rings is 3. The van der Waals surface area contributed by atoms with Crippen LogP contribution >= 0.6 is 11.6 Å². The number of ether oxygens (including phenoxy) is 1. The Balaban J connectivity index is 1.66. The van der Waals surface area contributed by atoms with E-state index in [0.29, 0.717) is 28.4 Å². The molecule has 1 heterocycles. The van der Waals surface area contributed by atoms with Crippen molar-refractivity contribution in [2.45, 2.75) is 11.4 Å². The highest BCUT2D eigenvalue weighted by molar-refractivity contribution is 7.92. The largest absolute Gasteiger partial charge is 0.497 e. The minimum atomic E-state index is -3.88. The summed E-state index contributed by atoms with van der Waals surface area (Å²) in [7, 11) is -2.27. The molecule has 0 atom stereocenters. The Hall–Kier alpha value is -3.36. The number of rotatable bonds is 7. The lowest BCUT2D eigenvalue weighted by Crippen LogP contribution is -2.16. The molecule has 0 aliphatic heterocycles. The van der Waals surface area contributed by atoms with E-state index < -0.39 is 10.0 Å². The number of anilines is 2. The number of para-hydroxylation sites is 2. The van der Waals surface area contributed by atoms with Crippen LogP contribution in [0, 0.1) is 0 Å². The maximum atomic E-state index is 12.9. The van der Waals surface area contributed by atoms with Crippen molar-refractivity contribution in [2.24, 2.45) is 0 Å². The van der Waals surface area contributed by atoms with Crippen LogP contribution in [0.25, 0.3) is 11.0 Å². The highest BCUT2D eigenvalue weighted by Gasteiger charge is 2.19. The van der Waals surface area contributed by atoms with E-state index in [1.54, 1.807) is 13.2 Å². The van der Waals surface area contributed by atoms with E-state index in [0.717, 1.165) is 11.3 Å². The summed E-state index contributed by atoms with van der Waals surface area (Å²) in [5, 5.41) is 3.63. The lowest BCUT2D eigenvalue weighted by atomic mass is 10.2. The Kier molecular flexibility index (Phi) is 5.92. The molecule has 4 rings (SSSR count). The van der Waals surface area contributed by atoms with Crippen LogP contribution in [0.2, 0.25) is 5.02 Å². The van der Waals surface area contributed by atoms with Crippen LogP contribution in [0.4, 0.5) is 11.6 Å². The van der Waals surface area contributed by atoms with Crippen molar-refractivity contribution in [1.29, 1.82) is 0 Å². The van der Waals surface area contributed by atoms with Gasteiger partial charge in [-0.2, -0.15) is 0 Å². The fraction of sp³-hybridized carbons (Fsp3) is 0.0909. The van der Waals surface area contributed by atoms with E-state index in [4.69, 9.17) is 16.3 Å². The number of halogens is 1. The van der Waals surface area contributed by atoms with E-state index in [1.807, 2.05) is 42.5 Å². The van der Waals surface area contributed by atoms with Crippen LogP contribution in [0.5, 0.6) is 5.75 Å². The van der Waals surface area contributed by atoms with E-state index in [9.17, 15) is 8.42 Å². The van der Waals surface area contributed by atoms with Crippen LogP contribution in [-0.4, -0.2) is 25.5 Å². The lowest BCUT2D eigenvalue weighted by molar-refractivity contribution is 0.414. The zero-order valence-electron chi connectivity index (χ0n) is 16.5. The van der Waals surface area contributed by atoms with Gasteiger partial charge in [-0.05, 0) is 54.1 Å². The van der Waals surface area contributed by atoms with Crippen LogP contribution in [0.15, 0.2) is 77.7 Å². The average molecular weight is 455 g/mol. The van der Waals surface area contributed by atoms with Gasteiger partial charge in [0.2, 0.25) is 0 Å². The Morgan fingerprint density at radius 3 is 2.10 bits per heavy atom. The maximum absolute atomic E-state index is 12.9. The third-order valence-electron chi connectivity index (χ3n) is 4.54. The predicted octanol–water partition coefficient (Wildman–Crippen LogP) is 4.70. The number of nitrogens with one attached hydrogen (secondary N) is 2. The summed E-state index contributed by atoms with van der Waals surface area (Å²) >= 11 is 5.88. The number of hydrogen-bond acceptors (Lipinski definition) is 6. The maximum Gasteiger partial charge on any atom is 0.263 e. The van der Waals surface area contributed by atoms with Crippen molar-refractivity contribution in [3.05, 3.63) is 83.4 Å². The number of nitrogens with zero attached hydrogens (tertiary/aromatic N) is 2. The molecule has 0 fully saturated rings. The van der Waals surface area contributed by atoms with E-state index in [-0.39, 0.29) is 10.7 Å². The van der Waals surface area contributed by atoms with Crippen LogP contribution in [-0.2, 0) is 16.6 Å². The van der Waals surface area contributed by atoms with Gasteiger partial charge in [-0.1, -0.05) is 35.9 Å². The third-order valence-corrected chi connectivity index (χ3v) is 6.15. The van der Waals surface area contributed by atoms with E-state index in [2.05, 4.69) is 20.0 Å². The molecule has 2 N–H and O–H groups in total. The highest BCUT2D eigenvalue weighted by atomic mass is 35.5. The first-order valence-electron chi connectivity index (χ1n) is 9.36. The van der Waals surface area contributed by atoms with Gasteiger partial charge in [0.25, 0.3) is 10.0 Å². The van der Waals surface area contributed by atoms with E-state index >= 15 is 0 Å². The summed E-state index contributed by atoms with van der Waals surface area (Å²) in [4.78, 5) is 9.13. The van der Waals surface area contributed by atoms with Gasteiger partial charge in [0, 0.05) is 11.6 Å². The quantitative estimate of drug-likeness (QED) is 0.420. The molecule has 0 aliphatic rings. The topological polar surface area (TPSA) is 93.2 Å². The van der Waals surface area contributed by atoms with Crippen molar-refractivity contribution in [1.82, 2.24) is 9.97 Å². The second kappa shape index (κ2) is 8.79. The Labute approximate surface area is 185 Å². The molecule has 4 aromatic rings. The van der Waals surface area contributed by atoms with Crippen molar-refractivity contribution in [2.75, 3.05) is 17.1 Å². The van der Waals surface area contributed by atoms with Gasteiger partial charge in [0.1, 0.15) is 5.75 Å². The van der Waals surface area contributed by atoms with Crippen LogP contribution in [0.1, 0.15) is 5.56 Å². The first kappa shape index (κ1) is 20.9. The zero-order valence-corrected chi connectivity index (χ0v) is 18.1. The molecule has 0 unspecified atom stereocenters. The average Bonchev–Trinajstić information content (AvgIpc) is 2.78. The fourth-order valence-corrected chi connectivity index (χ4v) is 4.06. The lowest BCUT2D eigenvalue weighted by Gasteiger charge is -2.14. The molecule has 31 heavy (non-hydrogen) atoms. The summed E-state index contributed by atoms with van der Waals surface area (Å²) in [6.45, 7) is 0.423. The number of aromatic nitrogens is 2. The number of methoxy groups -OCH3 is 1. The summed E-state index contributed by atoms with van der Waals surface area (Å²) in [5.41, 5.74) is 2.20. The molecule has 158 valence electrons. The highest BCUT2D eigenvalue weighted by Crippen LogP contribution is 2.25. The molecule has 0 spiro atoms. The van der Waals surface area contributed by atoms with Gasteiger partial charge in [0.05, 0.1) is 23.0 Å². The van der Waals surface area contributed by atoms with Crippen molar-refractivity contribution in [3.63, 3.8) is 0 Å². The molecule has 0 saturated heterocycles. The Morgan fingerprint density at radius 1 is 0.871 bits per heavy atom. The zero-order chi connectivity index (χ0) is 21.8. The van der Waals surface area contributed by atoms with E-state index in [1.165, 1.54) is 24.3 Å². The second-order valence-electron chi connectivity index (χ2n) is 6.67. The normalized spacial score (nSPS) is 11.3. The summed E-state index contributed by atoms with van der Waals surface area (Å²) in [6, 6.07) is 20.7. The van der Waals surface area contributed by atoms with Gasteiger partial charge < -0.3 is 10.1 Å². The molecule has 9 heteroatoms. The molecule has 0 radical (unpaired) electrons. The fourth-order valence-electron chi connectivity index (χ4n) is 2.92. The SMILES string of the molecule is COc1ccc(CNc2nc3ccccc3nc2NS(=O)(=O)c2ccc(Cl)cc2)cc1. The van der Waals surface area contributed by atoms with Gasteiger partial charge in [-0.15, -0.1) is 0 Å². The van der Waals surface area contributed by atoms with Gasteiger partial charge in [-0.3, -0.25) is 4.72 Å². The summed E-state index contributed by atoms with van der Waals surface area (Å²) < 4.78 is 33.5. The minimum absolute atomic E-state index is 0.0768. The first-order chi connectivity index (χ1) is 14.9. The minimum Gasteiger partial charge on any atom is -0.497 e. The molecule has 0 aliphatic carbocycles. The summed E-state index contributed by atoms with van der Waals surface area (Å²) in [5.74, 6) is 1.19. The monoisotopic (exact) mass is 454 g/mol. The van der Waals surface area contributed by atoms with Gasteiger partial charge in [0.15, 0.2) is 11.6 Å². The number of sulfonamides is 1. The van der Waals surface area contributed by atoms with Crippen molar-refractivity contribution < 1.29 is 13.2 Å². The molecule has 0 saturated carbocycles. The van der Waals surface area contributed by atoms with Crippen LogP contribution < -0.4 is 14.8 Å². The number of fused-ring (bicyclic) bond motifs is 1. The third kappa shape index (κ3) is 4.87. The standard InChI is InChI=1S/C22H19ClN4O3S/c1-30-17-10-6-15(7-11-17)14-24-21-22(26-20-5-3-2-4-19(20)25-21)27-31(28,29)18-12-8-16(23)9-13-18/h2-13H,14H2,1H3,(H,24,25)(H,26,27). The molecular formula is C22H19ClN4O3S. The molecule has 3 aromatic carbocycles. The van der Waals surface area contributed by atoms with Crippen molar-refractivity contribution in [3.8, 4) is 5.75 Å². The van der Waals surface area contributed by atoms with Crippen molar-refractivity contribution >= 4 is 44.3 Å².